The van der Waals surface area contributed by atoms with Crippen molar-refractivity contribution in [1.82, 2.24) is 21.9 Å². The number of aliphatic hydroxyl groups is 1. The summed E-state index contributed by atoms with van der Waals surface area (Å²) >= 11 is 0. The summed E-state index contributed by atoms with van der Waals surface area (Å²) in [5, 5.41) is 9.63. The Morgan fingerprint density at radius 2 is 2.09 bits per heavy atom. The highest BCUT2D eigenvalue weighted by Gasteiger charge is 2.44. The van der Waals surface area contributed by atoms with E-state index in [1.807, 2.05) is 0 Å². The van der Waals surface area contributed by atoms with E-state index in [0.717, 1.165) is 16.8 Å². The fourth-order valence-electron chi connectivity index (χ4n) is 1.85. The zero-order valence-electron chi connectivity index (χ0n) is 12.4. The van der Waals surface area contributed by atoms with Crippen LogP contribution in [-0.4, -0.2) is 33.0 Å². The Labute approximate surface area is 129 Å². The fraction of sp³-hybridized carbons (Fsp3) is 0.400. The average Bonchev–Trinajstić information content (AvgIpc) is 2.64. The van der Waals surface area contributed by atoms with Gasteiger partial charge in [0, 0.05) is 6.20 Å². The van der Waals surface area contributed by atoms with Gasteiger partial charge in [0.25, 0.3) is 0 Å². The molecular formula is C10H19FN5O6P. The summed E-state index contributed by atoms with van der Waals surface area (Å²) in [6, 6.07) is 1.23. The van der Waals surface area contributed by atoms with E-state index in [4.69, 9.17) is 10.5 Å². The molecule has 1 aliphatic heterocycles. The van der Waals surface area contributed by atoms with Gasteiger partial charge >= 0.3 is 5.69 Å². The number of anilines is 1. The highest BCUT2D eigenvalue weighted by Crippen LogP contribution is 2.33. The molecule has 1 fully saturated rings. The fourth-order valence-corrected chi connectivity index (χ4v) is 2.23. The molecule has 1 aliphatic rings. The molecule has 2 rings (SSSR count). The molecule has 1 saturated heterocycles. The molecule has 13 heteroatoms. The summed E-state index contributed by atoms with van der Waals surface area (Å²) in [6.07, 6.45) is -4.78. The Balaban J connectivity index is 0.00000242. The van der Waals surface area contributed by atoms with Gasteiger partial charge in [0.2, 0.25) is 0 Å². The molecule has 0 aromatic carbocycles. The van der Waals surface area contributed by atoms with Crippen LogP contribution in [0.15, 0.2) is 29.0 Å². The minimum absolute atomic E-state index is 0. The van der Waals surface area contributed by atoms with Crippen LogP contribution in [0.3, 0.4) is 0 Å². The monoisotopic (exact) mass is 355 g/mol. The van der Waals surface area contributed by atoms with E-state index in [9.17, 15) is 28.6 Å². The van der Waals surface area contributed by atoms with Crippen LogP contribution in [0, 0.1) is 0 Å². The van der Waals surface area contributed by atoms with Crippen molar-refractivity contribution >= 4 is 13.4 Å². The topological polar surface area (TPSA) is 227 Å². The van der Waals surface area contributed by atoms with Crippen LogP contribution >= 0.6 is 7.60 Å². The Kier molecular flexibility index (Phi) is 7.19. The highest BCUT2D eigenvalue weighted by atomic mass is 31.2. The summed E-state index contributed by atoms with van der Waals surface area (Å²) < 4.78 is 30.3. The molecular weight excluding hydrogens is 336 g/mol. The maximum Gasteiger partial charge on any atom is 0.351 e. The Morgan fingerprint density at radius 1 is 1.48 bits per heavy atom. The first-order valence-corrected chi connectivity index (χ1v) is 7.33. The van der Waals surface area contributed by atoms with E-state index in [0.29, 0.717) is 0 Å². The first kappa shape index (κ1) is 21.3. The summed E-state index contributed by atoms with van der Waals surface area (Å²) in [6.45, 7) is 0. The lowest BCUT2D eigenvalue weighted by Gasteiger charge is -2.25. The molecule has 0 spiro atoms. The predicted molar refractivity (Wildman–Crippen MR) is 76.4 cm³/mol. The third-order valence-electron chi connectivity index (χ3n) is 2.82. The maximum absolute atomic E-state index is 14.0. The van der Waals surface area contributed by atoms with Crippen molar-refractivity contribution in [3.63, 3.8) is 0 Å². The largest absolute Gasteiger partial charge is 0.808 e. The minimum atomic E-state index is -4.96. The molecule has 0 radical (unpaired) electrons. The lowest BCUT2D eigenvalue weighted by atomic mass is 10.1. The maximum atomic E-state index is 14.0. The molecule has 1 aromatic heterocycles. The van der Waals surface area contributed by atoms with Crippen molar-refractivity contribution in [2.75, 3.05) is 5.73 Å². The predicted octanol–water partition coefficient (Wildman–Crippen LogP) is -1.40. The van der Waals surface area contributed by atoms with Crippen molar-refractivity contribution in [3.05, 3.63) is 34.6 Å². The van der Waals surface area contributed by atoms with Crippen LogP contribution < -0.4 is 33.5 Å². The van der Waals surface area contributed by atoms with Gasteiger partial charge in [0.05, 0.1) is 0 Å². The van der Waals surface area contributed by atoms with E-state index >= 15 is 0 Å². The number of alkyl halides is 1. The van der Waals surface area contributed by atoms with Crippen molar-refractivity contribution in [1.29, 1.82) is 0 Å². The number of aliphatic hydroxyl groups excluding tert-OH is 1. The molecule has 0 unspecified atom stereocenters. The van der Waals surface area contributed by atoms with Gasteiger partial charge in [-0.2, -0.15) is 4.98 Å². The first-order chi connectivity index (χ1) is 9.69. The number of halogens is 1. The molecule has 11 nitrogen and oxygen atoms in total. The Hall–Kier alpha value is -1.66. The second-order valence-corrected chi connectivity index (χ2v) is 5.73. The van der Waals surface area contributed by atoms with Gasteiger partial charge in [-0.25, -0.2) is 9.18 Å². The standard InChI is InChI=1S/C10H13FN3O6P.2H3N/c11-7-8(15)5(2-4-21(17,18)19)20-9(7)14-3-1-6(12)13-10(14)16;;/h1-5,7-9,15H,(H2,12,13,16)(H2,17,18,19);2*1H3/b4-2+;;/t5-,7-,8-,9-;;/m1../s1. The molecule has 0 bridgehead atoms. The first-order valence-electron chi connectivity index (χ1n) is 5.72. The van der Waals surface area contributed by atoms with Crippen LogP contribution in [0.4, 0.5) is 10.2 Å². The van der Waals surface area contributed by atoms with E-state index in [-0.39, 0.29) is 23.9 Å². The molecule has 0 aliphatic carbocycles. The number of nitrogens with two attached hydrogens (primary N) is 1. The van der Waals surface area contributed by atoms with E-state index < -0.39 is 37.9 Å². The summed E-state index contributed by atoms with van der Waals surface area (Å²) in [5.41, 5.74) is 4.40. The van der Waals surface area contributed by atoms with E-state index in [1.54, 1.807) is 0 Å². The number of nitrogens with zero attached hydrogens (tertiary/aromatic N) is 2. The molecule has 2 heterocycles. The number of ether oxygens (including phenoxy) is 1. The van der Waals surface area contributed by atoms with Crippen molar-refractivity contribution in [2.24, 2.45) is 0 Å². The van der Waals surface area contributed by atoms with Gasteiger partial charge in [-0.3, -0.25) is 4.57 Å². The lowest BCUT2D eigenvalue weighted by molar-refractivity contribution is -0.308. The number of aromatic nitrogens is 2. The minimum Gasteiger partial charge on any atom is -0.808 e. The van der Waals surface area contributed by atoms with Gasteiger partial charge in [-0.15, -0.1) is 0 Å². The number of hydrogen-bond donors (Lipinski definition) is 4. The molecule has 132 valence electrons. The van der Waals surface area contributed by atoms with Gasteiger partial charge in [0.15, 0.2) is 12.4 Å². The Morgan fingerprint density at radius 3 is 2.61 bits per heavy atom. The number of nitrogen functional groups attached to an aromatic ring is 1. The molecule has 11 N–H and O–H groups in total. The number of rotatable bonds is 3. The van der Waals surface area contributed by atoms with Gasteiger partial charge in [-0.05, 0) is 13.7 Å². The second-order valence-electron chi connectivity index (χ2n) is 4.35. The summed E-state index contributed by atoms with van der Waals surface area (Å²) in [5.74, 6) is 0.209. The normalized spacial score (nSPS) is 27.5. The van der Waals surface area contributed by atoms with Crippen LogP contribution in [0.1, 0.15) is 6.23 Å². The highest BCUT2D eigenvalue weighted by molar-refractivity contribution is 7.52. The second kappa shape index (κ2) is 7.75. The van der Waals surface area contributed by atoms with E-state index in [1.165, 1.54) is 6.07 Å². The third-order valence-corrected chi connectivity index (χ3v) is 3.35. The van der Waals surface area contributed by atoms with Crippen LogP contribution in [0.5, 0.6) is 0 Å². The van der Waals surface area contributed by atoms with Crippen LogP contribution in [0.2, 0.25) is 0 Å². The van der Waals surface area contributed by atoms with Gasteiger partial charge in [0.1, 0.15) is 18.0 Å². The van der Waals surface area contributed by atoms with Crippen molar-refractivity contribution in [2.45, 2.75) is 24.6 Å². The molecule has 1 aromatic rings. The Bertz CT molecular complexity index is 663. The molecule has 0 amide bonds. The third kappa shape index (κ3) is 4.91. The van der Waals surface area contributed by atoms with Crippen molar-refractivity contribution in [3.8, 4) is 0 Å². The quantitative estimate of drug-likeness (QED) is 0.470. The number of quaternary nitrogens is 2. The smallest absolute Gasteiger partial charge is 0.351 e. The summed E-state index contributed by atoms with van der Waals surface area (Å²) in [4.78, 5) is 36.0. The molecule has 23 heavy (non-hydrogen) atoms. The zero-order chi connectivity index (χ0) is 15.8. The zero-order valence-corrected chi connectivity index (χ0v) is 13.3. The number of hydrogen-bond acceptors (Lipinski definition) is 8. The van der Waals surface area contributed by atoms with E-state index in [2.05, 4.69) is 4.98 Å². The molecule has 0 saturated carbocycles. The summed E-state index contributed by atoms with van der Waals surface area (Å²) in [7, 11) is -4.96. The lowest BCUT2D eigenvalue weighted by Crippen LogP contribution is -2.33. The van der Waals surface area contributed by atoms with Crippen LogP contribution in [-0.2, 0) is 9.30 Å². The van der Waals surface area contributed by atoms with Gasteiger partial charge in [-0.1, -0.05) is 11.9 Å². The van der Waals surface area contributed by atoms with Gasteiger partial charge < -0.3 is 42.2 Å². The average molecular weight is 355 g/mol. The SMILES string of the molecule is Nc1ccn([C@@H]2O[C@H](/C=C/P(=O)([O-])[O-])[C@@H](O)[C@H]2F)c(=O)n1.[NH4+].[NH4+]. The van der Waals surface area contributed by atoms with Crippen LogP contribution in [0.25, 0.3) is 0 Å². The van der Waals surface area contributed by atoms with Crippen molar-refractivity contribution < 1.29 is 28.6 Å². The molecule has 4 atom stereocenters.